The highest BCUT2D eigenvalue weighted by Gasteiger charge is 2.14. The van der Waals surface area contributed by atoms with Crippen molar-refractivity contribution in [3.05, 3.63) is 65.0 Å². The molecule has 0 radical (unpaired) electrons. The molecular formula is C25H33N5. The summed E-state index contributed by atoms with van der Waals surface area (Å²) in [5, 5.41) is 3.62. The van der Waals surface area contributed by atoms with E-state index in [9.17, 15) is 0 Å². The molecule has 30 heavy (non-hydrogen) atoms. The highest BCUT2D eigenvalue weighted by Crippen LogP contribution is 2.20. The molecular weight excluding hydrogens is 370 g/mol. The lowest BCUT2D eigenvalue weighted by atomic mass is 9.92. The summed E-state index contributed by atoms with van der Waals surface area (Å²) in [4.78, 5) is 18.9. The lowest BCUT2D eigenvalue weighted by Gasteiger charge is -2.22. The molecule has 0 saturated carbocycles. The van der Waals surface area contributed by atoms with E-state index in [2.05, 4.69) is 55.3 Å². The Morgan fingerprint density at radius 1 is 0.767 bits per heavy atom. The molecule has 5 heteroatoms. The number of hydrogen-bond acceptors (Lipinski definition) is 5. The maximum atomic E-state index is 4.75. The van der Waals surface area contributed by atoms with Gasteiger partial charge in [-0.25, -0.2) is 4.98 Å². The first-order chi connectivity index (χ1) is 14.5. The van der Waals surface area contributed by atoms with Gasteiger partial charge in [-0.15, -0.1) is 0 Å². The Morgan fingerprint density at radius 3 is 2.07 bits per heavy atom. The molecule has 1 aliphatic rings. The van der Waals surface area contributed by atoms with Crippen LogP contribution in [0, 0.1) is 0 Å². The summed E-state index contributed by atoms with van der Waals surface area (Å²) in [5.74, 6) is 0.399. The fourth-order valence-corrected chi connectivity index (χ4v) is 3.55. The van der Waals surface area contributed by atoms with Crippen LogP contribution in [0.15, 0.2) is 57.4 Å². The van der Waals surface area contributed by atoms with Crippen LogP contribution in [-0.4, -0.2) is 54.3 Å². The van der Waals surface area contributed by atoms with E-state index in [0.717, 1.165) is 41.6 Å². The van der Waals surface area contributed by atoms with Gasteiger partial charge in [0.25, 0.3) is 0 Å². The van der Waals surface area contributed by atoms with E-state index in [1.165, 1.54) is 11.1 Å². The normalized spacial score (nSPS) is 21.4. The molecule has 0 saturated heterocycles. The van der Waals surface area contributed by atoms with Gasteiger partial charge in [0.15, 0.2) is 0 Å². The van der Waals surface area contributed by atoms with Crippen molar-refractivity contribution in [2.45, 2.75) is 46.6 Å². The predicted molar refractivity (Wildman–Crippen MR) is 128 cm³/mol. The molecule has 1 aromatic carbocycles. The minimum Gasteiger partial charge on any atom is -0.312 e. The summed E-state index contributed by atoms with van der Waals surface area (Å²) in [5.41, 5.74) is 7.26. The number of benzene rings is 1. The molecule has 1 aromatic heterocycles. The Labute approximate surface area is 180 Å². The van der Waals surface area contributed by atoms with Gasteiger partial charge >= 0.3 is 0 Å². The summed E-state index contributed by atoms with van der Waals surface area (Å²) in [6.07, 6.45) is 0. The maximum absolute atomic E-state index is 4.75. The van der Waals surface area contributed by atoms with Gasteiger partial charge in [0, 0.05) is 18.3 Å². The fourth-order valence-electron chi connectivity index (χ4n) is 3.55. The number of aromatic nitrogens is 1. The van der Waals surface area contributed by atoms with Gasteiger partial charge < -0.3 is 5.32 Å². The molecule has 0 spiro atoms. The minimum absolute atomic E-state index is 0.354. The molecule has 4 bridgehead atoms. The average molecular weight is 404 g/mol. The Kier molecular flexibility index (Phi) is 7.63. The second kappa shape index (κ2) is 10.4. The van der Waals surface area contributed by atoms with Crippen LogP contribution in [0.5, 0.6) is 0 Å². The van der Waals surface area contributed by atoms with Crippen molar-refractivity contribution >= 4 is 17.1 Å². The van der Waals surface area contributed by atoms with E-state index in [0.29, 0.717) is 25.0 Å². The maximum Gasteiger partial charge on any atom is 0.0845 e. The van der Waals surface area contributed by atoms with Crippen LogP contribution < -0.4 is 5.32 Å². The molecule has 2 unspecified atom stereocenters. The van der Waals surface area contributed by atoms with Gasteiger partial charge in [-0.2, -0.15) is 0 Å². The lowest BCUT2D eigenvalue weighted by molar-refractivity contribution is 0.488. The van der Waals surface area contributed by atoms with Crippen molar-refractivity contribution in [2.75, 3.05) is 26.2 Å². The second-order valence-corrected chi connectivity index (χ2v) is 7.97. The summed E-state index contributed by atoms with van der Waals surface area (Å²) < 4.78 is 0. The van der Waals surface area contributed by atoms with Crippen molar-refractivity contribution in [3.63, 3.8) is 0 Å². The number of fused-ring (bicyclic) bond motifs is 4. The van der Waals surface area contributed by atoms with Gasteiger partial charge in [-0.05, 0) is 62.9 Å². The van der Waals surface area contributed by atoms with E-state index in [4.69, 9.17) is 15.0 Å². The van der Waals surface area contributed by atoms with Crippen molar-refractivity contribution in [1.82, 2.24) is 10.3 Å². The van der Waals surface area contributed by atoms with Gasteiger partial charge in [0.2, 0.25) is 0 Å². The van der Waals surface area contributed by atoms with Gasteiger partial charge in [-0.3, -0.25) is 15.0 Å². The quantitative estimate of drug-likeness (QED) is 0.713. The van der Waals surface area contributed by atoms with Crippen LogP contribution in [-0.2, 0) is 0 Å². The van der Waals surface area contributed by atoms with Crippen LogP contribution in [0.3, 0.4) is 0 Å². The number of hydrogen-bond donors (Lipinski definition) is 1. The summed E-state index contributed by atoms with van der Waals surface area (Å²) in [7, 11) is 0. The van der Waals surface area contributed by atoms with Crippen LogP contribution in [0.1, 0.15) is 63.1 Å². The molecule has 0 aliphatic carbocycles. The van der Waals surface area contributed by atoms with Gasteiger partial charge in [-0.1, -0.05) is 31.2 Å². The summed E-state index contributed by atoms with van der Waals surface area (Å²) >= 11 is 0. The standard InChI is InChI=1S/C25H33N5/c1-17-18(2)26-12-14-28-20(4)24-10-7-11-25(30-24)21(5)29-15-13-27-19(3)23-9-6-8-22(17)16-23/h6-11,16-18,26H,12-15H2,1-5H3. The fraction of sp³-hybridized carbons (Fsp3) is 0.440. The lowest BCUT2D eigenvalue weighted by Crippen LogP contribution is -2.33. The molecule has 1 N–H and O–H groups in total. The van der Waals surface area contributed by atoms with E-state index >= 15 is 0 Å². The summed E-state index contributed by atoms with van der Waals surface area (Å²) in [6, 6.07) is 15.1. The number of rotatable bonds is 0. The third kappa shape index (κ3) is 5.70. The monoisotopic (exact) mass is 403 g/mol. The van der Waals surface area contributed by atoms with Crippen molar-refractivity contribution in [1.29, 1.82) is 0 Å². The Morgan fingerprint density at radius 2 is 1.37 bits per heavy atom. The number of pyridine rings is 1. The summed E-state index contributed by atoms with van der Waals surface area (Å²) in [6.45, 7) is 13.5. The largest absolute Gasteiger partial charge is 0.312 e. The number of aliphatic imine (C=N–C) groups is 3. The number of nitrogens with one attached hydrogen (secondary N) is 1. The Balaban J connectivity index is 1.90. The van der Waals surface area contributed by atoms with Crippen LogP contribution in [0.2, 0.25) is 0 Å². The number of nitrogens with zero attached hydrogens (tertiary/aromatic N) is 4. The molecule has 2 atom stereocenters. The third-order valence-corrected chi connectivity index (χ3v) is 5.80. The third-order valence-electron chi connectivity index (χ3n) is 5.80. The average Bonchev–Trinajstić information content (AvgIpc) is 2.78. The van der Waals surface area contributed by atoms with Crippen LogP contribution >= 0.6 is 0 Å². The molecule has 0 amide bonds. The first-order valence-corrected chi connectivity index (χ1v) is 10.8. The zero-order valence-electron chi connectivity index (χ0n) is 18.8. The van der Waals surface area contributed by atoms with E-state index in [1.807, 2.05) is 32.0 Å². The van der Waals surface area contributed by atoms with Crippen molar-refractivity contribution in [2.24, 2.45) is 15.0 Å². The Hall–Kier alpha value is -2.66. The second-order valence-electron chi connectivity index (χ2n) is 7.97. The highest BCUT2D eigenvalue weighted by molar-refractivity contribution is 6.01. The zero-order valence-corrected chi connectivity index (χ0v) is 18.8. The molecule has 3 rings (SSSR count). The minimum atomic E-state index is 0.354. The molecule has 2 heterocycles. The first-order valence-electron chi connectivity index (χ1n) is 10.8. The van der Waals surface area contributed by atoms with E-state index in [1.54, 1.807) is 0 Å². The molecule has 2 aromatic rings. The van der Waals surface area contributed by atoms with Gasteiger partial charge in [0.05, 0.1) is 42.4 Å². The molecule has 0 fully saturated rings. The molecule has 1 aliphatic heterocycles. The van der Waals surface area contributed by atoms with E-state index < -0.39 is 0 Å². The zero-order chi connectivity index (χ0) is 21.5. The molecule has 5 nitrogen and oxygen atoms in total. The van der Waals surface area contributed by atoms with Crippen LogP contribution in [0.25, 0.3) is 0 Å². The SMILES string of the molecule is CC1=NCCN=C(C)c2cccc(n2)C(C)=NCCNC(C)C(C)c2cccc1c2. The Bertz CT molecular complexity index is 958. The van der Waals surface area contributed by atoms with Crippen molar-refractivity contribution < 1.29 is 0 Å². The smallest absolute Gasteiger partial charge is 0.0845 e. The topological polar surface area (TPSA) is 62.0 Å². The van der Waals surface area contributed by atoms with E-state index in [-0.39, 0.29) is 0 Å². The highest BCUT2D eigenvalue weighted by atomic mass is 14.9. The molecule has 158 valence electrons. The first kappa shape index (κ1) is 22.0. The van der Waals surface area contributed by atoms with Gasteiger partial charge in [0.1, 0.15) is 0 Å². The van der Waals surface area contributed by atoms with Crippen molar-refractivity contribution in [3.8, 4) is 0 Å². The van der Waals surface area contributed by atoms with Crippen LogP contribution in [0.4, 0.5) is 0 Å². The predicted octanol–water partition coefficient (Wildman–Crippen LogP) is 4.30.